The molecule has 4 N–H and O–H groups in total. The van der Waals surface area contributed by atoms with Crippen LogP contribution in [-0.2, 0) is 6.42 Å². The Morgan fingerprint density at radius 2 is 1.84 bits per heavy atom. The lowest BCUT2D eigenvalue weighted by atomic mass is 9.98. The summed E-state index contributed by atoms with van der Waals surface area (Å²) in [6.07, 6.45) is 2.13. The minimum absolute atomic E-state index is 0.143. The van der Waals surface area contributed by atoms with Crippen molar-refractivity contribution >= 4 is 11.8 Å². The van der Waals surface area contributed by atoms with Gasteiger partial charge in [0.2, 0.25) is 12.7 Å². The zero-order chi connectivity index (χ0) is 22.7. The highest BCUT2D eigenvalue weighted by molar-refractivity contribution is 5.79. The van der Waals surface area contributed by atoms with E-state index in [-0.39, 0.29) is 12.7 Å². The van der Waals surface area contributed by atoms with Crippen LogP contribution in [0.1, 0.15) is 25.0 Å². The van der Waals surface area contributed by atoms with E-state index in [0.29, 0.717) is 48.5 Å². The van der Waals surface area contributed by atoms with Crippen LogP contribution in [0, 0.1) is 0 Å². The van der Waals surface area contributed by atoms with Gasteiger partial charge in [-0.2, -0.15) is 4.98 Å². The fourth-order valence-corrected chi connectivity index (χ4v) is 3.46. The van der Waals surface area contributed by atoms with E-state index in [2.05, 4.69) is 16.5 Å². The van der Waals surface area contributed by atoms with Crippen molar-refractivity contribution in [1.82, 2.24) is 9.97 Å². The van der Waals surface area contributed by atoms with Crippen LogP contribution in [-0.4, -0.2) is 30.0 Å². The van der Waals surface area contributed by atoms with E-state index in [4.69, 9.17) is 30.4 Å². The minimum atomic E-state index is 0.143. The van der Waals surface area contributed by atoms with Crippen LogP contribution in [0.15, 0.2) is 48.7 Å². The Bertz CT molecular complexity index is 1160. The second-order valence-electron chi connectivity index (χ2n) is 7.53. The zero-order valence-corrected chi connectivity index (χ0v) is 18.2. The standard InChI is InChI=1S/C24H26N4O4/c1-4-29-20-8-15(7-17-11-27-24(26)28-23(17)25)9-21(30-12-14(2)3)22(20)16-5-6-18-19(10-16)32-13-31-18/h5-6,8-11H,2,4,7,12-13H2,1,3H3,(H4,25,26,27,28). The summed E-state index contributed by atoms with van der Waals surface area (Å²) in [7, 11) is 0. The summed E-state index contributed by atoms with van der Waals surface area (Å²) < 4.78 is 23.2. The van der Waals surface area contributed by atoms with Gasteiger partial charge in [-0.25, -0.2) is 4.98 Å². The van der Waals surface area contributed by atoms with Crippen LogP contribution in [0.2, 0.25) is 0 Å². The van der Waals surface area contributed by atoms with Crippen molar-refractivity contribution < 1.29 is 18.9 Å². The van der Waals surface area contributed by atoms with Gasteiger partial charge in [0, 0.05) is 18.2 Å². The molecule has 0 spiro atoms. The molecule has 32 heavy (non-hydrogen) atoms. The van der Waals surface area contributed by atoms with Crippen molar-refractivity contribution in [2.75, 3.05) is 31.5 Å². The number of fused-ring (bicyclic) bond motifs is 1. The van der Waals surface area contributed by atoms with Gasteiger partial charge >= 0.3 is 0 Å². The Kier molecular flexibility index (Phi) is 6.02. The molecule has 0 amide bonds. The summed E-state index contributed by atoms with van der Waals surface area (Å²) in [4.78, 5) is 8.12. The number of nitrogens with two attached hydrogens (primary N) is 2. The van der Waals surface area contributed by atoms with Crippen LogP contribution in [0.5, 0.6) is 23.0 Å². The van der Waals surface area contributed by atoms with E-state index in [9.17, 15) is 0 Å². The highest BCUT2D eigenvalue weighted by Crippen LogP contribution is 2.44. The predicted octanol–water partition coefficient (Wildman–Crippen LogP) is 3.98. The van der Waals surface area contributed by atoms with Gasteiger partial charge in [-0.3, -0.25) is 0 Å². The Hall–Kier alpha value is -3.94. The van der Waals surface area contributed by atoms with Crippen LogP contribution < -0.4 is 30.4 Å². The van der Waals surface area contributed by atoms with Crippen molar-refractivity contribution in [3.05, 3.63) is 59.8 Å². The van der Waals surface area contributed by atoms with Crippen molar-refractivity contribution in [1.29, 1.82) is 0 Å². The van der Waals surface area contributed by atoms with Gasteiger partial charge in [-0.15, -0.1) is 0 Å². The van der Waals surface area contributed by atoms with Gasteiger partial charge in [0.25, 0.3) is 0 Å². The van der Waals surface area contributed by atoms with Crippen LogP contribution >= 0.6 is 0 Å². The normalized spacial score (nSPS) is 11.9. The average Bonchev–Trinajstić information content (AvgIpc) is 3.22. The maximum atomic E-state index is 6.15. The van der Waals surface area contributed by atoms with E-state index < -0.39 is 0 Å². The molecule has 0 bridgehead atoms. The molecule has 166 valence electrons. The molecule has 2 heterocycles. The van der Waals surface area contributed by atoms with Crippen LogP contribution in [0.4, 0.5) is 11.8 Å². The Morgan fingerprint density at radius 1 is 1.09 bits per heavy atom. The third-order valence-electron chi connectivity index (χ3n) is 4.87. The molecular formula is C24H26N4O4. The van der Waals surface area contributed by atoms with Gasteiger partial charge in [0.15, 0.2) is 11.5 Å². The quantitative estimate of drug-likeness (QED) is 0.512. The number of ether oxygens (including phenoxy) is 4. The predicted molar refractivity (Wildman–Crippen MR) is 123 cm³/mol. The lowest BCUT2D eigenvalue weighted by Gasteiger charge is -2.19. The molecule has 0 radical (unpaired) electrons. The van der Waals surface area contributed by atoms with Gasteiger partial charge in [-0.05, 0) is 54.8 Å². The number of hydrogen-bond acceptors (Lipinski definition) is 8. The van der Waals surface area contributed by atoms with Gasteiger partial charge in [0.1, 0.15) is 23.9 Å². The topological polar surface area (TPSA) is 115 Å². The monoisotopic (exact) mass is 434 g/mol. The first-order valence-electron chi connectivity index (χ1n) is 10.3. The van der Waals surface area contributed by atoms with Crippen molar-refractivity contribution in [3.8, 4) is 34.1 Å². The van der Waals surface area contributed by atoms with Gasteiger partial charge in [-0.1, -0.05) is 12.6 Å². The average molecular weight is 434 g/mol. The number of benzene rings is 2. The first kappa shape index (κ1) is 21.3. The first-order valence-corrected chi connectivity index (χ1v) is 10.3. The van der Waals surface area contributed by atoms with Crippen LogP contribution in [0.3, 0.4) is 0 Å². The van der Waals surface area contributed by atoms with Gasteiger partial charge in [0.05, 0.1) is 12.2 Å². The maximum Gasteiger partial charge on any atom is 0.231 e. The minimum Gasteiger partial charge on any atom is -0.493 e. The molecule has 1 aliphatic heterocycles. The molecule has 0 saturated carbocycles. The summed E-state index contributed by atoms with van der Waals surface area (Å²) in [6, 6.07) is 9.73. The first-order chi connectivity index (χ1) is 15.4. The van der Waals surface area contributed by atoms with E-state index in [1.165, 1.54) is 0 Å². The second-order valence-corrected chi connectivity index (χ2v) is 7.53. The van der Waals surface area contributed by atoms with E-state index in [1.807, 2.05) is 44.2 Å². The number of hydrogen-bond donors (Lipinski definition) is 2. The largest absolute Gasteiger partial charge is 0.493 e. The van der Waals surface area contributed by atoms with E-state index >= 15 is 0 Å². The molecule has 0 fully saturated rings. The van der Waals surface area contributed by atoms with E-state index in [1.54, 1.807) is 6.20 Å². The Balaban J connectivity index is 1.80. The number of rotatable bonds is 8. The highest BCUT2D eigenvalue weighted by Gasteiger charge is 2.20. The molecule has 0 aliphatic carbocycles. The molecule has 3 aromatic rings. The zero-order valence-electron chi connectivity index (χ0n) is 18.2. The molecule has 0 unspecified atom stereocenters. The molecule has 8 heteroatoms. The number of anilines is 2. The Labute approximate surface area is 186 Å². The fraction of sp³-hybridized carbons (Fsp3) is 0.250. The summed E-state index contributed by atoms with van der Waals surface area (Å²) in [5.74, 6) is 3.25. The summed E-state index contributed by atoms with van der Waals surface area (Å²) in [6.45, 7) is 8.89. The molecule has 1 aromatic heterocycles. The molecule has 4 rings (SSSR count). The lowest BCUT2D eigenvalue weighted by molar-refractivity contribution is 0.174. The summed E-state index contributed by atoms with van der Waals surface area (Å²) in [5, 5.41) is 0. The SMILES string of the molecule is C=C(C)COc1cc(Cc2cnc(N)nc2N)cc(OCC)c1-c1ccc2c(c1)OCO2. The summed E-state index contributed by atoms with van der Waals surface area (Å²) >= 11 is 0. The van der Waals surface area contributed by atoms with Gasteiger partial charge < -0.3 is 30.4 Å². The van der Waals surface area contributed by atoms with Crippen molar-refractivity contribution in [3.63, 3.8) is 0 Å². The fourth-order valence-electron chi connectivity index (χ4n) is 3.46. The molecule has 2 aromatic carbocycles. The third kappa shape index (κ3) is 4.54. The summed E-state index contributed by atoms with van der Waals surface area (Å²) in [5.41, 5.74) is 16.0. The number of nitrogen functional groups attached to an aromatic ring is 2. The van der Waals surface area contributed by atoms with Crippen LogP contribution in [0.25, 0.3) is 11.1 Å². The van der Waals surface area contributed by atoms with E-state index in [0.717, 1.165) is 27.8 Å². The molecule has 0 atom stereocenters. The Morgan fingerprint density at radius 3 is 2.56 bits per heavy atom. The maximum absolute atomic E-state index is 6.15. The van der Waals surface area contributed by atoms with Crippen molar-refractivity contribution in [2.24, 2.45) is 0 Å². The smallest absolute Gasteiger partial charge is 0.231 e. The molecule has 8 nitrogen and oxygen atoms in total. The number of nitrogens with zero attached hydrogens (tertiary/aromatic N) is 2. The third-order valence-corrected chi connectivity index (χ3v) is 4.87. The highest BCUT2D eigenvalue weighted by atomic mass is 16.7. The molecule has 1 aliphatic rings. The molecular weight excluding hydrogens is 408 g/mol. The molecule has 0 saturated heterocycles. The second kappa shape index (κ2) is 9.05. The van der Waals surface area contributed by atoms with Crippen molar-refractivity contribution in [2.45, 2.75) is 20.3 Å². The number of aromatic nitrogens is 2. The lowest BCUT2D eigenvalue weighted by Crippen LogP contribution is -2.06.